The first kappa shape index (κ1) is 10.8. The van der Waals surface area contributed by atoms with Crippen LogP contribution < -0.4 is 0 Å². The third-order valence-electron chi connectivity index (χ3n) is 2.14. The molecule has 2 rings (SSSR count). The summed E-state index contributed by atoms with van der Waals surface area (Å²) in [6, 6.07) is 5.92. The van der Waals surface area contributed by atoms with Gasteiger partial charge in [0.2, 0.25) is 5.89 Å². The van der Waals surface area contributed by atoms with Gasteiger partial charge in [0.05, 0.1) is 12.3 Å². The standard InChI is InChI=1S/C12H12FNO2/c1-8(15)6-11-7-14-12(16-11)9-2-4-10(13)5-3-9/h2-5,7-8,15H,6H2,1H3. The van der Waals surface area contributed by atoms with Crippen LogP contribution in [0, 0.1) is 5.82 Å². The van der Waals surface area contributed by atoms with Crippen molar-refractivity contribution in [2.75, 3.05) is 0 Å². The van der Waals surface area contributed by atoms with Crippen LogP contribution in [0.25, 0.3) is 11.5 Å². The molecule has 1 aromatic heterocycles. The summed E-state index contributed by atoms with van der Waals surface area (Å²) in [5, 5.41) is 9.18. The number of halogens is 1. The summed E-state index contributed by atoms with van der Waals surface area (Å²) < 4.78 is 18.1. The van der Waals surface area contributed by atoms with Gasteiger partial charge < -0.3 is 9.52 Å². The van der Waals surface area contributed by atoms with Crippen molar-refractivity contribution in [3.63, 3.8) is 0 Å². The minimum Gasteiger partial charge on any atom is -0.441 e. The molecule has 1 atom stereocenters. The molecule has 2 aromatic rings. The van der Waals surface area contributed by atoms with E-state index in [1.165, 1.54) is 12.1 Å². The zero-order chi connectivity index (χ0) is 11.5. The Balaban J connectivity index is 2.21. The van der Waals surface area contributed by atoms with Crippen LogP contribution in [0.1, 0.15) is 12.7 Å². The lowest BCUT2D eigenvalue weighted by Crippen LogP contribution is -2.02. The van der Waals surface area contributed by atoms with E-state index in [4.69, 9.17) is 4.42 Å². The van der Waals surface area contributed by atoms with Crippen LogP contribution in [0.3, 0.4) is 0 Å². The van der Waals surface area contributed by atoms with Gasteiger partial charge in [0, 0.05) is 12.0 Å². The van der Waals surface area contributed by atoms with Gasteiger partial charge in [0.25, 0.3) is 0 Å². The SMILES string of the molecule is CC(O)Cc1cnc(-c2ccc(F)cc2)o1. The summed E-state index contributed by atoms with van der Waals surface area (Å²) >= 11 is 0. The van der Waals surface area contributed by atoms with Crippen molar-refractivity contribution >= 4 is 0 Å². The summed E-state index contributed by atoms with van der Waals surface area (Å²) in [5.41, 5.74) is 0.721. The van der Waals surface area contributed by atoms with Gasteiger partial charge in [0.1, 0.15) is 11.6 Å². The number of rotatable bonds is 3. The highest BCUT2D eigenvalue weighted by Crippen LogP contribution is 2.19. The van der Waals surface area contributed by atoms with E-state index < -0.39 is 6.10 Å². The van der Waals surface area contributed by atoms with Crippen LogP contribution in [0.15, 0.2) is 34.9 Å². The summed E-state index contributed by atoms with van der Waals surface area (Å²) in [5.74, 6) is 0.768. The van der Waals surface area contributed by atoms with Gasteiger partial charge in [-0.3, -0.25) is 0 Å². The monoisotopic (exact) mass is 221 g/mol. The first-order valence-electron chi connectivity index (χ1n) is 5.04. The molecule has 0 aliphatic carbocycles. The Hall–Kier alpha value is -1.68. The number of aliphatic hydroxyl groups is 1. The van der Waals surface area contributed by atoms with Gasteiger partial charge in [-0.15, -0.1) is 0 Å². The summed E-state index contributed by atoms with van der Waals surface area (Å²) in [6.45, 7) is 1.68. The summed E-state index contributed by atoms with van der Waals surface area (Å²) in [6.07, 6.45) is 1.54. The molecule has 0 spiro atoms. The quantitative estimate of drug-likeness (QED) is 0.865. The van der Waals surface area contributed by atoms with Crippen molar-refractivity contribution in [2.24, 2.45) is 0 Å². The number of nitrogens with zero attached hydrogens (tertiary/aromatic N) is 1. The van der Waals surface area contributed by atoms with Crippen molar-refractivity contribution in [3.8, 4) is 11.5 Å². The van der Waals surface area contributed by atoms with E-state index in [2.05, 4.69) is 4.98 Å². The van der Waals surface area contributed by atoms with Crippen LogP contribution in [-0.2, 0) is 6.42 Å². The van der Waals surface area contributed by atoms with Crippen molar-refractivity contribution in [1.82, 2.24) is 4.98 Å². The summed E-state index contributed by atoms with van der Waals surface area (Å²) in [7, 11) is 0. The van der Waals surface area contributed by atoms with Gasteiger partial charge in [0.15, 0.2) is 0 Å². The van der Waals surface area contributed by atoms with Gasteiger partial charge >= 0.3 is 0 Å². The van der Waals surface area contributed by atoms with Gasteiger partial charge in [-0.25, -0.2) is 9.37 Å². The van der Waals surface area contributed by atoms with Crippen LogP contribution >= 0.6 is 0 Å². The number of oxazole rings is 1. The van der Waals surface area contributed by atoms with E-state index in [1.807, 2.05) is 0 Å². The highest BCUT2D eigenvalue weighted by atomic mass is 19.1. The lowest BCUT2D eigenvalue weighted by Gasteiger charge is -1.98. The van der Waals surface area contributed by atoms with E-state index in [0.29, 0.717) is 18.1 Å². The van der Waals surface area contributed by atoms with Crippen molar-refractivity contribution in [2.45, 2.75) is 19.4 Å². The fourth-order valence-electron chi connectivity index (χ4n) is 1.42. The maximum Gasteiger partial charge on any atom is 0.226 e. The largest absolute Gasteiger partial charge is 0.441 e. The van der Waals surface area contributed by atoms with Crippen molar-refractivity contribution < 1.29 is 13.9 Å². The third kappa shape index (κ3) is 2.46. The summed E-state index contributed by atoms with van der Waals surface area (Å²) in [4.78, 5) is 4.07. The Kier molecular flexibility index (Phi) is 3.01. The van der Waals surface area contributed by atoms with Crippen LogP contribution in [-0.4, -0.2) is 16.2 Å². The number of aromatic nitrogens is 1. The maximum absolute atomic E-state index is 12.7. The van der Waals surface area contributed by atoms with Crippen molar-refractivity contribution in [1.29, 1.82) is 0 Å². The van der Waals surface area contributed by atoms with E-state index in [-0.39, 0.29) is 5.82 Å². The van der Waals surface area contributed by atoms with Crippen LogP contribution in [0.4, 0.5) is 4.39 Å². The van der Waals surface area contributed by atoms with Crippen LogP contribution in [0.5, 0.6) is 0 Å². The van der Waals surface area contributed by atoms with E-state index in [0.717, 1.165) is 5.56 Å². The second kappa shape index (κ2) is 4.45. The highest BCUT2D eigenvalue weighted by molar-refractivity contribution is 5.52. The highest BCUT2D eigenvalue weighted by Gasteiger charge is 2.08. The first-order valence-corrected chi connectivity index (χ1v) is 5.04. The first-order chi connectivity index (χ1) is 7.65. The number of hydrogen-bond acceptors (Lipinski definition) is 3. The lowest BCUT2D eigenvalue weighted by atomic mass is 10.2. The van der Waals surface area contributed by atoms with E-state index >= 15 is 0 Å². The number of benzene rings is 1. The Morgan fingerprint density at radius 1 is 1.38 bits per heavy atom. The molecule has 16 heavy (non-hydrogen) atoms. The molecule has 1 N–H and O–H groups in total. The average Bonchev–Trinajstić information content (AvgIpc) is 2.66. The molecule has 0 saturated heterocycles. The van der Waals surface area contributed by atoms with Gasteiger partial charge in [-0.05, 0) is 31.2 Å². The third-order valence-corrected chi connectivity index (χ3v) is 2.14. The fraction of sp³-hybridized carbons (Fsp3) is 0.250. The average molecular weight is 221 g/mol. The minimum atomic E-state index is -0.464. The maximum atomic E-state index is 12.7. The topological polar surface area (TPSA) is 46.3 Å². The van der Waals surface area contributed by atoms with E-state index in [1.54, 1.807) is 25.3 Å². The predicted octanol–water partition coefficient (Wildman–Crippen LogP) is 2.40. The molecule has 1 heterocycles. The molecule has 84 valence electrons. The molecule has 0 aliphatic heterocycles. The zero-order valence-corrected chi connectivity index (χ0v) is 8.85. The Labute approximate surface area is 92.6 Å². The molecule has 0 amide bonds. The molecule has 0 radical (unpaired) electrons. The van der Waals surface area contributed by atoms with E-state index in [9.17, 15) is 9.50 Å². The molecular formula is C12H12FNO2. The number of hydrogen-bond donors (Lipinski definition) is 1. The molecule has 1 aromatic carbocycles. The molecule has 0 bridgehead atoms. The minimum absolute atomic E-state index is 0.292. The van der Waals surface area contributed by atoms with Gasteiger partial charge in [-0.2, -0.15) is 0 Å². The molecule has 0 fully saturated rings. The molecule has 1 unspecified atom stereocenters. The van der Waals surface area contributed by atoms with Crippen LogP contribution in [0.2, 0.25) is 0 Å². The molecule has 0 saturated carbocycles. The molecule has 3 nitrogen and oxygen atoms in total. The van der Waals surface area contributed by atoms with Gasteiger partial charge in [-0.1, -0.05) is 0 Å². The fourth-order valence-corrected chi connectivity index (χ4v) is 1.42. The Morgan fingerprint density at radius 2 is 2.06 bits per heavy atom. The Morgan fingerprint density at radius 3 is 2.69 bits per heavy atom. The predicted molar refractivity (Wildman–Crippen MR) is 57.3 cm³/mol. The molecule has 4 heteroatoms. The lowest BCUT2D eigenvalue weighted by molar-refractivity contribution is 0.187. The normalized spacial score (nSPS) is 12.7. The molecular weight excluding hydrogens is 209 g/mol. The zero-order valence-electron chi connectivity index (χ0n) is 8.85. The second-order valence-electron chi connectivity index (χ2n) is 3.69. The van der Waals surface area contributed by atoms with Crippen molar-refractivity contribution in [3.05, 3.63) is 42.0 Å². The molecule has 0 aliphatic rings. The Bertz CT molecular complexity index is 462. The second-order valence-corrected chi connectivity index (χ2v) is 3.69. The smallest absolute Gasteiger partial charge is 0.226 e. The number of aliphatic hydroxyl groups excluding tert-OH is 1.